The Labute approximate surface area is 207 Å². The van der Waals surface area contributed by atoms with Crippen LogP contribution < -0.4 is 9.64 Å². The number of ether oxygens (including phenoxy) is 2. The first-order valence-electron chi connectivity index (χ1n) is 11.2. The lowest BCUT2D eigenvalue weighted by Gasteiger charge is -2.25. The molecule has 3 aromatic carbocycles. The van der Waals surface area contributed by atoms with E-state index in [2.05, 4.69) is 9.47 Å². The Morgan fingerprint density at radius 2 is 1.56 bits per heavy atom. The highest BCUT2D eigenvalue weighted by molar-refractivity contribution is 5.95. The van der Waals surface area contributed by atoms with Gasteiger partial charge in [0.1, 0.15) is 5.75 Å². The minimum atomic E-state index is -4.74. The van der Waals surface area contributed by atoms with Gasteiger partial charge in [-0.05, 0) is 52.6 Å². The van der Waals surface area contributed by atoms with Gasteiger partial charge in [0.15, 0.2) is 0 Å². The monoisotopic (exact) mass is 497 g/mol. The van der Waals surface area contributed by atoms with Gasteiger partial charge in [0, 0.05) is 17.7 Å². The van der Waals surface area contributed by atoms with Gasteiger partial charge in [0.05, 0.1) is 13.7 Å². The molecular weight excluding hydrogens is 471 g/mol. The molecule has 3 rings (SSSR count). The van der Waals surface area contributed by atoms with Crippen LogP contribution in [-0.4, -0.2) is 25.3 Å². The summed E-state index contributed by atoms with van der Waals surface area (Å²) in [5.74, 6) is -1.06. The maximum atomic E-state index is 13.0. The van der Waals surface area contributed by atoms with Crippen LogP contribution in [0.1, 0.15) is 25.0 Å². The van der Waals surface area contributed by atoms with Gasteiger partial charge in [-0.1, -0.05) is 62.4 Å². The number of amides is 1. The number of halogens is 3. The molecule has 0 radical (unpaired) electrons. The first-order chi connectivity index (χ1) is 17.1. The molecule has 0 fully saturated rings. The Morgan fingerprint density at radius 1 is 0.944 bits per heavy atom. The smallest absolute Gasteiger partial charge is 0.466 e. The summed E-state index contributed by atoms with van der Waals surface area (Å²) in [4.78, 5) is 26.1. The second-order valence-electron chi connectivity index (χ2n) is 8.30. The summed E-state index contributed by atoms with van der Waals surface area (Å²) < 4.78 is 45.7. The normalized spacial score (nSPS) is 11.5. The van der Waals surface area contributed by atoms with Crippen LogP contribution in [0.4, 0.5) is 18.9 Å². The molecule has 36 heavy (non-hydrogen) atoms. The van der Waals surface area contributed by atoms with Gasteiger partial charge in [-0.15, -0.1) is 13.2 Å². The van der Waals surface area contributed by atoms with Crippen molar-refractivity contribution < 1.29 is 32.2 Å². The quantitative estimate of drug-likeness (QED) is 0.259. The molecule has 0 unspecified atom stereocenters. The lowest BCUT2D eigenvalue weighted by Crippen LogP contribution is -2.33. The number of hydrogen-bond acceptors (Lipinski definition) is 4. The van der Waals surface area contributed by atoms with Crippen LogP contribution >= 0.6 is 0 Å². The number of rotatable bonds is 8. The fourth-order valence-corrected chi connectivity index (χ4v) is 3.47. The number of hydrogen-bond donors (Lipinski definition) is 0. The molecule has 0 bridgehead atoms. The fraction of sp³-hybridized carbons (Fsp3) is 0.214. The van der Waals surface area contributed by atoms with E-state index in [0.717, 1.165) is 22.3 Å². The highest BCUT2D eigenvalue weighted by Gasteiger charge is 2.31. The SMILES string of the molecule is COC(=O)/C=C/c1cccc(N(Cc2ccc(-c3ccc(OC(F)(F)F)cc3)cc2)C(=O)C(C)C)c1. The number of benzene rings is 3. The van der Waals surface area contributed by atoms with E-state index in [4.69, 9.17) is 0 Å². The van der Waals surface area contributed by atoms with E-state index in [1.54, 1.807) is 23.1 Å². The van der Waals surface area contributed by atoms with Gasteiger partial charge in [-0.2, -0.15) is 0 Å². The van der Waals surface area contributed by atoms with Gasteiger partial charge in [0.2, 0.25) is 5.91 Å². The zero-order valence-corrected chi connectivity index (χ0v) is 20.1. The highest BCUT2D eigenvalue weighted by Crippen LogP contribution is 2.28. The Hall–Kier alpha value is -4.07. The van der Waals surface area contributed by atoms with Gasteiger partial charge in [-0.3, -0.25) is 4.79 Å². The van der Waals surface area contributed by atoms with Crippen molar-refractivity contribution in [1.29, 1.82) is 0 Å². The van der Waals surface area contributed by atoms with Crippen molar-refractivity contribution in [3.8, 4) is 16.9 Å². The number of carbonyl (C=O) groups excluding carboxylic acids is 2. The molecular formula is C28H26F3NO4. The summed E-state index contributed by atoms with van der Waals surface area (Å²) in [6.07, 6.45) is -1.80. The minimum Gasteiger partial charge on any atom is -0.466 e. The lowest BCUT2D eigenvalue weighted by molar-refractivity contribution is -0.274. The average Bonchev–Trinajstić information content (AvgIpc) is 2.85. The Bertz CT molecular complexity index is 1220. The highest BCUT2D eigenvalue weighted by atomic mass is 19.4. The number of esters is 1. The molecule has 5 nitrogen and oxygen atoms in total. The van der Waals surface area contributed by atoms with Crippen molar-refractivity contribution in [2.75, 3.05) is 12.0 Å². The van der Waals surface area contributed by atoms with Crippen LogP contribution in [0.2, 0.25) is 0 Å². The summed E-state index contributed by atoms with van der Waals surface area (Å²) in [7, 11) is 1.30. The van der Waals surface area contributed by atoms with Crippen LogP contribution in [0.25, 0.3) is 17.2 Å². The van der Waals surface area contributed by atoms with Crippen molar-refractivity contribution in [1.82, 2.24) is 0 Å². The predicted molar refractivity (Wildman–Crippen MR) is 132 cm³/mol. The molecule has 3 aromatic rings. The number of carbonyl (C=O) groups is 2. The number of nitrogens with zero attached hydrogens (tertiary/aromatic N) is 1. The van der Waals surface area contributed by atoms with Crippen molar-refractivity contribution in [2.45, 2.75) is 26.8 Å². The van der Waals surface area contributed by atoms with Gasteiger partial charge in [-0.25, -0.2) is 4.79 Å². The zero-order chi connectivity index (χ0) is 26.3. The van der Waals surface area contributed by atoms with E-state index in [1.807, 2.05) is 62.4 Å². The Balaban J connectivity index is 1.81. The third kappa shape index (κ3) is 7.46. The molecule has 0 saturated carbocycles. The van der Waals surface area contributed by atoms with Crippen molar-refractivity contribution in [3.63, 3.8) is 0 Å². The molecule has 0 aromatic heterocycles. The molecule has 0 aliphatic carbocycles. The Morgan fingerprint density at radius 3 is 2.11 bits per heavy atom. The summed E-state index contributed by atoms with van der Waals surface area (Å²) in [5.41, 5.74) is 3.85. The third-order valence-electron chi connectivity index (χ3n) is 5.27. The largest absolute Gasteiger partial charge is 0.573 e. The maximum Gasteiger partial charge on any atom is 0.573 e. The van der Waals surface area contributed by atoms with E-state index >= 15 is 0 Å². The van der Waals surface area contributed by atoms with E-state index in [0.29, 0.717) is 12.2 Å². The summed E-state index contributed by atoms with van der Waals surface area (Å²) in [6.45, 7) is 3.97. The van der Waals surface area contributed by atoms with E-state index in [9.17, 15) is 22.8 Å². The third-order valence-corrected chi connectivity index (χ3v) is 5.27. The van der Waals surface area contributed by atoms with E-state index < -0.39 is 12.3 Å². The summed E-state index contributed by atoms with van der Waals surface area (Å²) in [6, 6.07) is 20.4. The maximum absolute atomic E-state index is 13.0. The van der Waals surface area contributed by atoms with Crippen molar-refractivity contribution in [2.24, 2.45) is 5.92 Å². The molecule has 188 valence electrons. The zero-order valence-electron chi connectivity index (χ0n) is 20.1. The van der Waals surface area contributed by atoms with Crippen molar-refractivity contribution >= 4 is 23.6 Å². The van der Waals surface area contributed by atoms with Gasteiger partial charge >= 0.3 is 12.3 Å². The van der Waals surface area contributed by atoms with Crippen LogP contribution in [0.5, 0.6) is 5.75 Å². The summed E-state index contributed by atoms with van der Waals surface area (Å²) in [5, 5.41) is 0. The number of methoxy groups -OCH3 is 1. The lowest BCUT2D eigenvalue weighted by atomic mass is 10.0. The fourth-order valence-electron chi connectivity index (χ4n) is 3.47. The second kappa shape index (κ2) is 11.6. The van der Waals surface area contributed by atoms with Gasteiger partial charge in [0.25, 0.3) is 0 Å². The summed E-state index contributed by atoms with van der Waals surface area (Å²) >= 11 is 0. The molecule has 1 amide bonds. The molecule has 0 heterocycles. The molecule has 0 N–H and O–H groups in total. The number of anilines is 1. The molecule has 8 heteroatoms. The van der Waals surface area contributed by atoms with Gasteiger partial charge < -0.3 is 14.4 Å². The first kappa shape index (κ1) is 26.5. The van der Waals surface area contributed by atoms with Crippen LogP contribution in [0, 0.1) is 5.92 Å². The molecule has 0 atom stereocenters. The first-order valence-corrected chi connectivity index (χ1v) is 11.2. The van der Waals surface area contributed by atoms with E-state index in [1.165, 1.54) is 25.3 Å². The Kier molecular flexibility index (Phi) is 8.53. The van der Waals surface area contributed by atoms with Crippen molar-refractivity contribution in [3.05, 3.63) is 90.0 Å². The topological polar surface area (TPSA) is 55.8 Å². The van der Waals surface area contributed by atoms with Crippen LogP contribution in [0.3, 0.4) is 0 Å². The average molecular weight is 498 g/mol. The van der Waals surface area contributed by atoms with Crippen LogP contribution in [0.15, 0.2) is 78.9 Å². The minimum absolute atomic E-state index is 0.0616. The molecule has 0 spiro atoms. The molecule has 0 saturated heterocycles. The predicted octanol–water partition coefficient (Wildman–Crippen LogP) is 6.63. The van der Waals surface area contributed by atoms with Crippen LogP contribution in [-0.2, 0) is 20.9 Å². The van der Waals surface area contributed by atoms with E-state index in [-0.39, 0.29) is 17.6 Å². The molecule has 0 aliphatic rings. The standard InChI is InChI=1S/C28H26F3NO4/c1-19(2)27(34)32(24-6-4-5-20(17-24)9-16-26(33)35-3)18-21-7-10-22(11-8-21)23-12-14-25(15-13-23)36-28(29,30)31/h4-17,19H,18H2,1-3H3/b16-9+. The number of alkyl halides is 3. The second-order valence-corrected chi connectivity index (χ2v) is 8.30. The molecule has 0 aliphatic heterocycles.